The molecular formula is C13H13F3N2O. The monoisotopic (exact) mass is 270 g/mol. The highest BCUT2D eigenvalue weighted by Gasteiger charge is 2.34. The van der Waals surface area contributed by atoms with Crippen LogP contribution in [0.15, 0.2) is 18.2 Å². The molecule has 1 fully saturated rings. The van der Waals surface area contributed by atoms with Gasteiger partial charge < -0.3 is 10.0 Å². The quantitative estimate of drug-likeness (QED) is 0.897. The Morgan fingerprint density at radius 3 is 2.68 bits per heavy atom. The highest BCUT2D eigenvalue weighted by molar-refractivity contribution is 5.55. The van der Waals surface area contributed by atoms with Gasteiger partial charge in [0.1, 0.15) is 0 Å². The summed E-state index contributed by atoms with van der Waals surface area (Å²) in [6.07, 6.45) is -3.71. The van der Waals surface area contributed by atoms with Crippen LogP contribution in [-0.4, -0.2) is 24.8 Å². The van der Waals surface area contributed by atoms with Crippen molar-refractivity contribution in [1.82, 2.24) is 0 Å². The first kappa shape index (κ1) is 13.7. The van der Waals surface area contributed by atoms with Gasteiger partial charge in [-0.05, 0) is 24.6 Å². The fourth-order valence-corrected chi connectivity index (χ4v) is 2.28. The number of nitrogens with zero attached hydrogens (tertiary/aromatic N) is 2. The molecule has 0 aromatic heterocycles. The van der Waals surface area contributed by atoms with Crippen molar-refractivity contribution in [2.24, 2.45) is 5.92 Å². The van der Waals surface area contributed by atoms with Gasteiger partial charge in [0.2, 0.25) is 0 Å². The normalized spacial score (nSPS) is 19.5. The smallest absolute Gasteiger partial charge is 0.396 e. The molecule has 1 aromatic carbocycles. The Kier molecular flexibility index (Phi) is 3.67. The summed E-state index contributed by atoms with van der Waals surface area (Å²) in [5.74, 6) is 0.146. The number of nitriles is 1. The Labute approximate surface area is 108 Å². The maximum atomic E-state index is 12.7. The van der Waals surface area contributed by atoms with Gasteiger partial charge in [-0.25, -0.2) is 0 Å². The minimum Gasteiger partial charge on any atom is -0.396 e. The number of anilines is 1. The molecule has 0 spiro atoms. The predicted molar refractivity (Wildman–Crippen MR) is 63.6 cm³/mol. The highest BCUT2D eigenvalue weighted by atomic mass is 19.4. The Morgan fingerprint density at radius 2 is 2.16 bits per heavy atom. The number of hydrogen-bond acceptors (Lipinski definition) is 3. The van der Waals surface area contributed by atoms with Crippen LogP contribution in [0.3, 0.4) is 0 Å². The van der Waals surface area contributed by atoms with Crippen LogP contribution in [0.25, 0.3) is 0 Å². The largest absolute Gasteiger partial charge is 0.417 e. The van der Waals surface area contributed by atoms with Gasteiger partial charge in [0.15, 0.2) is 0 Å². The second-order valence-corrected chi connectivity index (χ2v) is 4.62. The molecule has 0 amide bonds. The summed E-state index contributed by atoms with van der Waals surface area (Å²) in [5.41, 5.74) is -0.672. The molecule has 1 N–H and O–H groups in total. The second-order valence-electron chi connectivity index (χ2n) is 4.62. The Hall–Kier alpha value is -1.74. The van der Waals surface area contributed by atoms with Crippen molar-refractivity contribution in [3.05, 3.63) is 29.3 Å². The molecular weight excluding hydrogens is 257 g/mol. The third-order valence-corrected chi connectivity index (χ3v) is 3.34. The van der Waals surface area contributed by atoms with E-state index in [1.54, 1.807) is 6.07 Å². The molecule has 1 aromatic rings. The van der Waals surface area contributed by atoms with E-state index in [1.807, 2.05) is 4.90 Å². The summed E-state index contributed by atoms with van der Waals surface area (Å²) in [6.45, 7) is 1.36. The van der Waals surface area contributed by atoms with E-state index in [0.717, 1.165) is 12.5 Å². The molecule has 0 aliphatic carbocycles. The minimum atomic E-state index is -4.51. The third-order valence-electron chi connectivity index (χ3n) is 3.34. The number of hydrogen-bond donors (Lipinski definition) is 1. The first-order valence-corrected chi connectivity index (χ1v) is 5.93. The maximum Gasteiger partial charge on any atom is 0.417 e. The van der Waals surface area contributed by atoms with Crippen LogP contribution in [0.5, 0.6) is 0 Å². The number of alkyl halides is 3. The maximum absolute atomic E-state index is 12.7. The van der Waals surface area contributed by atoms with Gasteiger partial charge in [-0.15, -0.1) is 0 Å². The van der Waals surface area contributed by atoms with Gasteiger partial charge >= 0.3 is 6.18 Å². The van der Waals surface area contributed by atoms with Crippen molar-refractivity contribution in [1.29, 1.82) is 5.26 Å². The summed E-state index contributed by atoms with van der Waals surface area (Å²) in [5, 5.41) is 17.9. The van der Waals surface area contributed by atoms with Gasteiger partial charge in [-0.3, -0.25) is 0 Å². The van der Waals surface area contributed by atoms with Gasteiger partial charge in [0, 0.05) is 31.3 Å². The van der Waals surface area contributed by atoms with E-state index >= 15 is 0 Å². The first-order valence-electron chi connectivity index (χ1n) is 5.93. The predicted octanol–water partition coefficient (Wildman–Crippen LogP) is 2.40. The minimum absolute atomic E-state index is 0.0717. The van der Waals surface area contributed by atoms with Crippen LogP contribution in [0.1, 0.15) is 17.5 Å². The topological polar surface area (TPSA) is 47.3 Å². The van der Waals surface area contributed by atoms with Crippen molar-refractivity contribution in [3.63, 3.8) is 0 Å². The second kappa shape index (κ2) is 5.10. The molecule has 1 heterocycles. The van der Waals surface area contributed by atoms with Gasteiger partial charge in [-0.1, -0.05) is 0 Å². The summed E-state index contributed by atoms with van der Waals surface area (Å²) in [6, 6.07) is 5.18. The summed E-state index contributed by atoms with van der Waals surface area (Å²) in [7, 11) is 0. The van der Waals surface area contributed by atoms with Crippen LogP contribution in [0, 0.1) is 17.2 Å². The molecule has 6 heteroatoms. The van der Waals surface area contributed by atoms with E-state index in [2.05, 4.69) is 0 Å². The van der Waals surface area contributed by atoms with Crippen LogP contribution in [0.2, 0.25) is 0 Å². The van der Waals surface area contributed by atoms with Crippen molar-refractivity contribution in [3.8, 4) is 6.07 Å². The molecule has 0 radical (unpaired) electrons. The van der Waals surface area contributed by atoms with Crippen molar-refractivity contribution >= 4 is 5.69 Å². The SMILES string of the molecule is N#Cc1cc(N2CCC(CO)C2)ccc1C(F)(F)F. The number of rotatable bonds is 2. The zero-order valence-corrected chi connectivity index (χ0v) is 10.1. The molecule has 19 heavy (non-hydrogen) atoms. The molecule has 102 valence electrons. The van der Waals surface area contributed by atoms with E-state index in [0.29, 0.717) is 18.8 Å². The van der Waals surface area contributed by atoms with Gasteiger partial charge in [0.05, 0.1) is 17.2 Å². The van der Waals surface area contributed by atoms with Crippen molar-refractivity contribution in [2.75, 3.05) is 24.6 Å². The standard InChI is InChI=1S/C13H13F3N2O/c14-13(15,16)12-2-1-11(5-10(12)6-17)18-4-3-9(7-18)8-19/h1-2,5,9,19H,3-4,7-8H2. The molecule has 3 nitrogen and oxygen atoms in total. The Balaban J connectivity index is 2.28. The van der Waals surface area contributed by atoms with Crippen molar-refractivity contribution < 1.29 is 18.3 Å². The van der Waals surface area contributed by atoms with Gasteiger partial charge in [0.25, 0.3) is 0 Å². The van der Waals surface area contributed by atoms with Crippen molar-refractivity contribution in [2.45, 2.75) is 12.6 Å². The molecule has 1 aliphatic heterocycles. The Bertz CT molecular complexity index is 508. The van der Waals surface area contributed by atoms with E-state index in [4.69, 9.17) is 10.4 Å². The summed E-state index contributed by atoms with van der Waals surface area (Å²) >= 11 is 0. The highest BCUT2D eigenvalue weighted by Crippen LogP contribution is 2.34. The van der Waals surface area contributed by atoms with E-state index in [9.17, 15) is 13.2 Å². The van der Waals surface area contributed by atoms with Crippen LogP contribution < -0.4 is 4.90 Å². The zero-order valence-electron chi connectivity index (χ0n) is 10.1. The number of aliphatic hydroxyl groups is 1. The lowest BCUT2D eigenvalue weighted by atomic mass is 10.1. The first-order chi connectivity index (χ1) is 8.95. The third kappa shape index (κ3) is 2.82. The number of halogens is 3. The van der Waals surface area contributed by atoms with E-state index < -0.39 is 11.7 Å². The molecule has 1 atom stereocenters. The number of benzene rings is 1. The lowest BCUT2D eigenvalue weighted by molar-refractivity contribution is -0.137. The lowest BCUT2D eigenvalue weighted by Crippen LogP contribution is -2.21. The van der Waals surface area contributed by atoms with E-state index in [-0.39, 0.29) is 18.1 Å². The molecule has 0 saturated carbocycles. The van der Waals surface area contributed by atoms with Gasteiger partial charge in [-0.2, -0.15) is 18.4 Å². The average Bonchev–Trinajstić information content (AvgIpc) is 2.85. The molecule has 1 unspecified atom stereocenters. The van der Waals surface area contributed by atoms with Crippen LogP contribution in [0.4, 0.5) is 18.9 Å². The summed E-state index contributed by atoms with van der Waals surface area (Å²) in [4.78, 5) is 1.89. The number of aliphatic hydroxyl groups excluding tert-OH is 1. The fourth-order valence-electron chi connectivity index (χ4n) is 2.28. The summed E-state index contributed by atoms with van der Waals surface area (Å²) < 4.78 is 38.0. The zero-order chi connectivity index (χ0) is 14.0. The molecule has 2 rings (SSSR count). The van der Waals surface area contributed by atoms with Crippen LogP contribution in [-0.2, 0) is 6.18 Å². The van der Waals surface area contributed by atoms with Crippen LogP contribution >= 0.6 is 0 Å². The van der Waals surface area contributed by atoms with E-state index in [1.165, 1.54) is 12.1 Å². The lowest BCUT2D eigenvalue weighted by Gasteiger charge is -2.20. The molecule has 0 bridgehead atoms. The average molecular weight is 270 g/mol. The Morgan fingerprint density at radius 1 is 1.42 bits per heavy atom. The fraction of sp³-hybridized carbons (Fsp3) is 0.462. The molecule has 1 saturated heterocycles. The molecule has 1 aliphatic rings.